The first-order valence-corrected chi connectivity index (χ1v) is 26.5. The van der Waals surface area contributed by atoms with E-state index in [4.69, 9.17) is 18.9 Å². The molecule has 23 heteroatoms. The van der Waals surface area contributed by atoms with E-state index in [2.05, 4.69) is 31.6 Å². The van der Waals surface area contributed by atoms with E-state index >= 15 is 0 Å². The molecule has 0 saturated heterocycles. The van der Waals surface area contributed by atoms with Gasteiger partial charge in [0.1, 0.15) is 0 Å². The highest BCUT2D eigenvalue weighted by Gasteiger charge is 2.17. The molecule has 4 aromatic rings. The number of hydrogen-bond acceptors (Lipinski definition) is 19. The van der Waals surface area contributed by atoms with E-state index in [0.29, 0.717) is 58.7 Å². The van der Waals surface area contributed by atoms with Gasteiger partial charge in [0, 0.05) is 51.9 Å². The third-order valence-electron chi connectivity index (χ3n) is 11.2. The number of nitrogens with zero attached hydrogens (tertiary/aromatic N) is 5. The number of benzene rings is 4. The molecule has 9 N–H and O–H groups in total. The van der Waals surface area contributed by atoms with Crippen molar-refractivity contribution in [1.29, 1.82) is 0 Å². The molecule has 0 aliphatic rings. The molecule has 80 heavy (non-hydrogen) atoms. The number of aromatic hydroxyl groups is 4. The monoisotopic (exact) mass is 1120 g/mol. The lowest BCUT2D eigenvalue weighted by atomic mass is 10.0. The zero-order valence-corrected chi connectivity index (χ0v) is 48.2. The van der Waals surface area contributed by atoms with Gasteiger partial charge in [0.15, 0.2) is 46.0 Å². The molecule has 0 bridgehead atoms. The van der Waals surface area contributed by atoms with Crippen LogP contribution in [0.4, 0.5) is 19.2 Å². The minimum absolute atomic E-state index is 0.0917. The molecule has 0 heterocycles. The van der Waals surface area contributed by atoms with E-state index in [9.17, 15) is 44.4 Å². The first-order chi connectivity index (χ1) is 38.0. The van der Waals surface area contributed by atoms with Gasteiger partial charge in [-0.2, -0.15) is 0 Å². The quantitative estimate of drug-likeness (QED) is 0.00961. The van der Waals surface area contributed by atoms with Gasteiger partial charge in [-0.3, -0.25) is 5.32 Å². The lowest BCUT2D eigenvalue weighted by Crippen LogP contribution is -2.38. The SMILES string of the molecule is CC(C)NCNC(=O)Oc1cc(CCCCc2ccc(OC(=O)NCCN(C)C)c(OC(=O)NCCN(C)C)c2)ccc1OC(=O)NCCN(C)C.CN(C)CCN=C=O.Oc1ccc(CCCCc2ccc(O)c(O)c2)cc1O. The summed E-state index contributed by atoms with van der Waals surface area (Å²) in [5, 5.41) is 51.0. The average molecular weight is 1120 g/mol. The van der Waals surface area contributed by atoms with Crippen molar-refractivity contribution in [3.63, 3.8) is 0 Å². The maximum absolute atomic E-state index is 12.5. The summed E-state index contributed by atoms with van der Waals surface area (Å²) in [5.74, 6) is 0.101. The summed E-state index contributed by atoms with van der Waals surface area (Å²) in [7, 11) is 15.2. The van der Waals surface area contributed by atoms with E-state index in [1.165, 1.54) is 18.2 Å². The lowest BCUT2D eigenvalue weighted by Gasteiger charge is -2.15. The van der Waals surface area contributed by atoms with Gasteiger partial charge in [-0.25, -0.2) is 29.0 Å². The Kier molecular flexibility index (Phi) is 33.2. The maximum atomic E-state index is 12.5. The van der Waals surface area contributed by atoms with Gasteiger partial charge in [-0.15, -0.1) is 0 Å². The van der Waals surface area contributed by atoms with Crippen LogP contribution >= 0.6 is 0 Å². The third kappa shape index (κ3) is 31.7. The molecule has 0 unspecified atom stereocenters. The fraction of sp³-hybridized carbons (Fsp3) is 0.491. The van der Waals surface area contributed by atoms with Crippen LogP contribution in [0.3, 0.4) is 0 Å². The van der Waals surface area contributed by atoms with Crippen LogP contribution in [-0.2, 0) is 30.5 Å². The summed E-state index contributed by atoms with van der Waals surface area (Å²) in [6, 6.07) is 20.1. The Bertz CT molecular complexity index is 2380. The largest absolute Gasteiger partial charge is 0.504 e. The van der Waals surface area contributed by atoms with Gasteiger partial charge in [0.05, 0.1) is 13.2 Å². The van der Waals surface area contributed by atoms with Crippen LogP contribution < -0.4 is 45.5 Å². The summed E-state index contributed by atoms with van der Waals surface area (Å²) in [5.41, 5.74) is 3.73. The number of aryl methyl sites for hydroxylation is 4. The van der Waals surface area contributed by atoms with Crippen LogP contribution in [0.5, 0.6) is 46.0 Å². The fourth-order valence-corrected chi connectivity index (χ4v) is 6.82. The molecule has 0 radical (unpaired) electrons. The zero-order chi connectivity index (χ0) is 59.4. The fourth-order valence-electron chi connectivity index (χ4n) is 6.82. The predicted octanol–water partition coefficient (Wildman–Crippen LogP) is 6.20. The van der Waals surface area contributed by atoms with Gasteiger partial charge < -0.3 is 80.2 Å². The normalized spacial score (nSPS) is 10.7. The van der Waals surface area contributed by atoms with E-state index in [1.807, 2.05) is 102 Å². The highest BCUT2D eigenvalue weighted by Crippen LogP contribution is 2.32. The number of likely N-dealkylation sites (N-methyl/N-ethyl adjacent to an activating group) is 4. The number of amides is 4. The highest BCUT2D eigenvalue weighted by atomic mass is 16.6. The van der Waals surface area contributed by atoms with Gasteiger partial charge in [0.2, 0.25) is 6.08 Å². The molecule has 0 aromatic heterocycles. The van der Waals surface area contributed by atoms with E-state index in [0.717, 1.165) is 67.3 Å². The van der Waals surface area contributed by atoms with E-state index in [1.54, 1.807) is 48.5 Å². The van der Waals surface area contributed by atoms with E-state index < -0.39 is 24.4 Å². The van der Waals surface area contributed by atoms with Crippen molar-refractivity contribution in [1.82, 2.24) is 46.2 Å². The van der Waals surface area contributed by atoms with Crippen molar-refractivity contribution in [3.8, 4) is 46.0 Å². The third-order valence-corrected chi connectivity index (χ3v) is 11.2. The predicted molar refractivity (Wildman–Crippen MR) is 307 cm³/mol. The number of hydrogen-bond donors (Lipinski definition) is 9. The Morgan fingerprint density at radius 2 is 0.787 bits per heavy atom. The number of carbonyl (C=O) groups is 4. The Hall–Kier alpha value is -7.66. The average Bonchev–Trinajstić information content (AvgIpc) is 3.40. The second-order valence-electron chi connectivity index (χ2n) is 19.9. The standard InChI is InChI=1S/C36H58N8O8.C16H18O4.C5H10N2O/c1-26(2)40-25-41-36(48)52-32-24-28(14-16-30(32)50-34(46)38-18-21-43(5)6)12-10-9-11-27-13-15-29(49-33(45)37-17-20-42(3)4)31(23-27)51-35(47)39-19-22-44(7)8;17-13-7-5-11(9-15(13)19)3-1-2-4-12-6-8-14(18)16(20)10-12;1-7(2)4-3-6-5-8/h13-16,23-24,26,40H,9-12,17-22,25H2,1-8H3,(H,37,45)(H,38,46)(H,39,47)(H,41,48);5-10,17-20H,1-4H2;3-4H2,1-2H3. The molecule has 4 amide bonds. The maximum Gasteiger partial charge on any atom is 0.413 e. The summed E-state index contributed by atoms with van der Waals surface area (Å²) in [6.45, 7) is 8.56. The number of ether oxygens (including phenoxy) is 4. The van der Waals surface area contributed by atoms with Gasteiger partial charge in [-0.05, 0) is 192 Å². The molecular weight excluding hydrogens is 1030 g/mol. The van der Waals surface area contributed by atoms with Gasteiger partial charge in [-0.1, -0.05) is 24.3 Å². The van der Waals surface area contributed by atoms with Crippen molar-refractivity contribution in [2.75, 3.05) is 115 Å². The van der Waals surface area contributed by atoms with Gasteiger partial charge in [0.25, 0.3) is 0 Å². The molecule has 0 spiro atoms. The molecule has 0 atom stereocenters. The first kappa shape index (κ1) is 68.4. The minimum atomic E-state index is -0.689. The Morgan fingerprint density at radius 1 is 0.463 bits per heavy atom. The Labute approximate surface area is 471 Å². The summed E-state index contributed by atoms with van der Waals surface area (Å²) in [6.07, 6.45) is 5.16. The van der Waals surface area contributed by atoms with Crippen LogP contribution in [0, 0.1) is 0 Å². The number of rotatable bonds is 29. The molecule has 4 aromatic carbocycles. The zero-order valence-electron chi connectivity index (χ0n) is 48.2. The number of phenolic OH excluding ortho intramolecular Hbond substituents is 4. The highest BCUT2D eigenvalue weighted by molar-refractivity contribution is 5.75. The molecular formula is C57H86N10O13. The number of aliphatic imine (C=N–C) groups is 1. The van der Waals surface area contributed by atoms with Crippen LogP contribution in [0.2, 0.25) is 0 Å². The van der Waals surface area contributed by atoms with Crippen LogP contribution in [-0.4, -0.2) is 192 Å². The smallest absolute Gasteiger partial charge is 0.413 e. The van der Waals surface area contributed by atoms with Gasteiger partial charge >= 0.3 is 24.4 Å². The molecule has 0 fully saturated rings. The van der Waals surface area contributed by atoms with Crippen molar-refractivity contribution >= 4 is 30.5 Å². The molecule has 4 rings (SSSR count). The molecule has 442 valence electrons. The second kappa shape index (κ2) is 38.8. The second-order valence-corrected chi connectivity index (χ2v) is 19.9. The van der Waals surface area contributed by atoms with Crippen molar-refractivity contribution in [2.45, 2.75) is 71.3 Å². The Balaban J connectivity index is 0.000000632. The number of phenols is 4. The lowest BCUT2D eigenvalue weighted by molar-refractivity contribution is 0.188. The number of nitrogens with one attached hydrogen (secondary N) is 5. The summed E-state index contributed by atoms with van der Waals surface area (Å²) in [4.78, 5) is 70.5. The number of unbranched alkanes of at least 4 members (excludes halogenated alkanes) is 2. The van der Waals surface area contributed by atoms with Crippen LogP contribution in [0.25, 0.3) is 0 Å². The van der Waals surface area contributed by atoms with Crippen molar-refractivity contribution in [3.05, 3.63) is 95.1 Å². The molecule has 23 nitrogen and oxygen atoms in total. The molecule has 0 saturated carbocycles. The molecule has 0 aliphatic heterocycles. The molecule has 0 aliphatic carbocycles. The Morgan fingerprint density at radius 3 is 1.11 bits per heavy atom. The van der Waals surface area contributed by atoms with Crippen LogP contribution in [0.1, 0.15) is 61.8 Å². The number of isocyanates is 1. The van der Waals surface area contributed by atoms with Crippen LogP contribution in [0.15, 0.2) is 77.8 Å². The number of carbonyl (C=O) groups excluding carboxylic acids is 5. The topological polar surface area (TPSA) is 289 Å². The van der Waals surface area contributed by atoms with E-state index in [-0.39, 0.29) is 58.7 Å². The van der Waals surface area contributed by atoms with Crippen molar-refractivity contribution < 1.29 is 63.3 Å². The summed E-state index contributed by atoms with van der Waals surface area (Å²) < 4.78 is 22.1. The summed E-state index contributed by atoms with van der Waals surface area (Å²) >= 11 is 0. The first-order valence-electron chi connectivity index (χ1n) is 26.5. The van der Waals surface area contributed by atoms with Crippen molar-refractivity contribution in [2.24, 2.45) is 4.99 Å². The minimum Gasteiger partial charge on any atom is -0.504 e.